The summed E-state index contributed by atoms with van der Waals surface area (Å²) in [5.74, 6) is 0.122. The molecule has 1 N–H and O–H groups in total. The molecule has 0 bridgehead atoms. The topological polar surface area (TPSA) is 105 Å². The second-order valence-corrected chi connectivity index (χ2v) is 10.6. The summed E-state index contributed by atoms with van der Waals surface area (Å²) in [6.07, 6.45) is 1.00. The Morgan fingerprint density at radius 3 is 2.14 bits per heavy atom. The van der Waals surface area contributed by atoms with Gasteiger partial charge in [0.15, 0.2) is 0 Å². The van der Waals surface area contributed by atoms with Crippen molar-refractivity contribution in [2.45, 2.75) is 39.4 Å². The Bertz CT molecular complexity index is 1140. The molecule has 2 amide bonds. The van der Waals surface area contributed by atoms with E-state index in [1.807, 2.05) is 13.8 Å². The third-order valence-electron chi connectivity index (χ3n) is 5.21. The number of hydrogen-bond acceptors (Lipinski definition) is 6. The van der Waals surface area contributed by atoms with Crippen LogP contribution in [0.1, 0.15) is 26.3 Å². The van der Waals surface area contributed by atoms with Gasteiger partial charge in [0.1, 0.15) is 24.1 Å². The van der Waals surface area contributed by atoms with Crippen LogP contribution in [0, 0.1) is 0 Å². The summed E-state index contributed by atoms with van der Waals surface area (Å²) >= 11 is 6.19. The maximum absolute atomic E-state index is 13.5. The molecule has 0 saturated heterocycles. The highest BCUT2D eigenvalue weighted by molar-refractivity contribution is 7.92. The number of benzene rings is 2. The standard InChI is InChI=1S/C24H32ClN3O6S/c1-16(2)26-24(30)17(3)27(14-18-7-10-20(33-4)11-8-18)23(29)15-28(35(6,31)32)19-9-12-22(34-5)21(25)13-19/h7-13,16-17H,14-15H2,1-6H3,(H,26,30)/t17-/m1/s1. The van der Waals surface area contributed by atoms with Gasteiger partial charge in [-0.1, -0.05) is 23.7 Å². The minimum atomic E-state index is -3.86. The van der Waals surface area contributed by atoms with Crippen LogP contribution in [0.4, 0.5) is 5.69 Å². The van der Waals surface area contributed by atoms with Gasteiger partial charge in [-0.2, -0.15) is 0 Å². The normalized spacial score (nSPS) is 12.1. The minimum Gasteiger partial charge on any atom is -0.497 e. The lowest BCUT2D eigenvalue weighted by Crippen LogP contribution is -2.52. The van der Waals surface area contributed by atoms with Crippen molar-refractivity contribution in [2.75, 3.05) is 31.3 Å². The summed E-state index contributed by atoms with van der Waals surface area (Å²) in [7, 11) is -0.867. The number of rotatable bonds is 11. The van der Waals surface area contributed by atoms with Gasteiger partial charge < -0.3 is 19.7 Å². The molecule has 0 saturated carbocycles. The minimum absolute atomic E-state index is 0.0937. The summed E-state index contributed by atoms with van der Waals surface area (Å²) in [6.45, 7) is 4.82. The first kappa shape index (κ1) is 28.3. The summed E-state index contributed by atoms with van der Waals surface area (Å²) in [5.41, 5.74) is 0.956. The van der Waals surface area contributed by atoms with E-state index in [0.717, 1.165) is 16.1 Å². The number of amides is 2. The van der Waals surface area contributed by atoms with Crippen LogP contribution >= 0.6 is 11.6 Å². The van der Waals surface area contributed by atoms with E-state index in [9.17, 15) is 18.0 Å². The van der Waals surface area contributed by atoms with Crippen LogP contribution in [0.2, 0.25) is 5.02 Å². The van der Waals surface area contributed by atoms with E-state index in [2.05, 4.69) is 5.32 Å². The summed E-state index contributed by atoms with van der Waals surface area (Å²) in [4.78, 5) is 27.6. The lowest BCUT2D eigenvalue weighted by atomic mass is 10.1. The first-order valence-electron chi connectivity index (χ1n) is 10.9. The van der Waals surface area contributed by atoms with E-state index in [-0.39, 0.29) is 29.2 Å². The molecule has 192 valence electrons. The monoisotopic (exact) mass is 525 g/mol. The summed E-state index contributed by atoms with van der Waals surface area (Å²) < 4.78 is 36.5. The predicted octanol–water partition coefficient (Wildman–Crippen LogP) is 3.07. The van der Waals surface area contributed by atoms with Crippen LogP contribution in [0.3, 0.4) is 0 Å². The van der Waals surface area contributed by atoms with Crippen molar-refractivity contribution in [1.82, 2.24) is 10.2 Å². The lowest BCUT2D eigenvalue weighted by Gasteiger charge is -2.32. The van der Waals surface area contributed by atoms with E-state index in [1.54, 1.807) is 38.3 Å². The zero-order valence-corrected chi connectivity index (χ0v) is 22.3. The van der Waals surface area contributed by atoms with E-state index in [1.165, 1.54) is 30.2 Å². The molecule has 9 nitrogen and oxygen atoms in total. The van der Waals surface area contributed by atoms with E-state index in [4.69, 9.17) is 21.1 Å². The summed E-state index contributed by atoms with van der Waals surface area (Å²) in [6, 6.07) is 10.5. The molecule has 1 atom stereocenters. The molecular weight excluding hydrogens is 494 g/mol. The molecule has 0 aromatic heterocycles. The number of ether oxygens (including phenoxy) is 2. The van der Waals surface area contributed by atoms with Crippen molar-refractivity contribution < 1.29 is 27.5 Å². The Hall–Kier alpha value is -2.98. The highest BCUT2D eigenvalue weighted by atomic mass is 35.5. The van der Waals surface area contributed by atoms with Crippen LogP contribution in [0.5, 0.6) is 11.5 Å². The smallest absolute Gasteiger partial charge is 0.244 e. The van der Waals surface area contributed by atoms with Gasteiger partial charge in [-0.05, 0) is 56.7 Å². The van der Waals surface area contributed by atoms with Crippen LogP contribution < -0.4 is 19.1 Å². The quantitative estimate of drug-likeness (QED) is 0.483. The molecule has 0 aliphatic heterocycles. The molecule has 2 aromatic rings. The van der Waals surface area contributed by atoms with Gasteiger partial charge in [0.2, 0.25) is 21.8 Å². The number of carbonyl (C=O) groups excluding carboxylic acids is 2. The molecule has 35 heavy (non-hydrogen) atoms. The van der Waals surface area contributed by atoms with Crippen molar-refractivity contribution in [1.29, 1.82) is 0 Å². The van der Waals surface area contributed by atoms with Gasteiger partial charge >= 0.3 is 0 Å². The fourth-order valence-corrected chi connectivity index (χ4v) is 4.43. The molecule has 0 radical (unpaired) electrons. The van der Waals surface area contributed by atoms with Crippen molar-refractivity contribution in [3.63, 3.8) is 0 Å². The Kier molecular flexibility index (Phi) is 9.79. The predicted molar refractivity (Wildman–Crippen MR) is 136 cm³/mol. The molecule has 0 aliphatic carbocycles. The second-order valence-electron chi connectivity index (χ2n) is 8.30. The maximum Gasteiger partial charge on any atom is 0.244 e. The number of halogens is 1. The molecule has 0 spiro atoms. The SMILES string of the molecule is COc1ccc(CN(C(=O)CN(c2ccc(OC)c(Cl)c2)S(C)(=O)=O)[C@H](C)C(=O)NC(C)C)cc1. The number of nitrogens with zero attached hydrogens (tertiary/aromatic N) is 2. The van der Waals surface area contributed by atoms with Gasteiger partial charge in [0.05, 0.1) is 31.2 Å². The molecule has 2 rings (SSSR count). The van der Waals surface area contributed by atoms with E-state index >= 15 is 0 Å². The molecule has 11 heteroatoms. The lowest BCUT2D eigenvalue weighted by molar-refractivity contribution is -0.139. The largest absolute Gasteiger partial charge is 0.497 e. The van der Waals surface area contributed by atoms with Crippen LogP contribution in [0.25, 0.3) is 0 Å². The van der Waals surface area contributed by atoms with Crippen LogP contribution in [0.15, 0.2) is 42.5 Å². The molecule has 0 heterocycles. The van der Waals surface area contributed by atoms with Crippen molar-refractivity contribution in [3.8, 4) is 11.5 Å². The Balaban J connectivity index is 2.41. The number of hydrogen-bond donors (Lipinski definition) is 1. The third-order valence-corrected chi connectivity index (χ3v) is 6.65. The number of sulfonamides is 1. The number of methoxy groups -OCH3 is 2. The fraction of sp³-hybridized carbons (Fsp3) is 0.417. The number of carbonyl (C=O) groups is 2. The van der Waals surface area contributed by atoms with Crippen molar-refractivity contribution in [2.24, 2.45) is 0 Å². The Labute approximate surface area is 212 Å². The van der Waals surface area contributed by atoms with Crippen molar-refractivity contribution >= 4 is 39.1 Å². The molecular formula is C24H32ClN3O6S. The van der Waals surface area contributed by atoms with E-state index in [0.29, 0.717) is 11.5 Å². The van der Waals surface area contributed by atoms with Gasteiger partial charge in [-0.25, -0.2) is 8.42 Å². The molecule has 0 fully saturated rings. The highest BCUT2D eigenvalue weighted by Crippen LogP contribution is 2.30. The third kappa shape index (κ3) is 7.76. The molecule has 0 aliphatic rings. The Morgan fingerprint density at radius 1 is 1.03 bits per heavy atom. The second kappa shape index (κ2) is 12.1. The van der Waals surface area contributed by atoms with Crippen LogP contribution in [-0.2, 0) is 26.2 Å². The van der Waals surface area contributed by atoms with Gasteiger partial charge in [0.25, 0.3) is 0 Å². The zero-order valence-electron chi connectivity index (χ0n) is 20.7. The Morgan fingerprint density at radius 2 is 1.66 bits per heavy atom. The molecule has 2 aromatic carbocycles. The molecule has 0 unspecified atom stereocenters. The van der Waals surface area contributed by atoms with Gasteiger partial charge in [0, 0.05) is 12.6 Å². The van der Waals surface area contributed by atoms with Gasteiger partial charge in [-0.15, -0.1) is 0 Å². The number of anilines is 1. The van der Waals surface area contributed by atoms with Gasteiger partial charge in [-0.3, -0.25) is 13.9 Å². The fourth-order valence-electron chi connectivity index (χ4n) is 3.34. The summed E-state index contributed by atoms with van der Waals surface area (Å²) in [5, 5.41) is 3.00. The maximum atomic E-state index is 13.5. The number of nitrogens with one attached hydrogen (secondary N) is 1. The average Bonchev–Trinajstić information content (AvgIpc) is 2.79. The zero-order chi connectivity index (χ0) is 26.3. The first-order chi connectivity index (χ1) is 16.4. The average molecular weight is 526 g/mol. The van der Waals surface area contributed by atoms with E-state index < -0.39 is 28.5 Å². The first-order valence-corrected chi connectivity index (χ1v) is 13.1. The van der Waals surface area contributed by atoms with Crippen molar-refractivity contribution in [3.05, 3.63) is 53.1 Å². The highest BCUT2D eigenvalue weighted by Gasteiger charge is 2.30. The van der Waals surface area contributed by atoms with Crippen LogP contribution in [-0.4, -0.2) is 64.2 Å².